The summed E-state index contributed by atoms with van der Waals surface area (Å²) in [7, 11) is 1.43. The highest BCUT2D eigenvalue weighted by atomic mass is 79.9. The maximum Gasteiger partial charge on any atom is 0.348 e. The Kier molecular flexibility index (Phi) is 7.15. The minimum absolute atomic E-state index is 0.141. The molecule has 2 aromatic carbocycles. The van der Waals surface area contributed by atoms with Crippen molar-refractivity contribution in [2.75, 3.05) is 13.7 Å². The van der Waals surface area contributed by atoms with Crippen molar-refractivity contribution in [2.45, 2.75) is 6.92 Å². The van der Waals surface area contributed by atoms with Gasteiger partial charge < -0.3 is 14.2 Å². The minimum Gasteiger partial charge on any atom is -0.493 e. The second-order valence-corrected chi connectivity index (χ2v) is 6.12. The van der Waals surface area contributed by atoms with Crippen molar-refractivity contribution < 1.29 is 23.8 Å². The zero-order valence-electron chi connectivity index (χ0n) is 14.7. The highest BCUT2D eigenvalue weighted by Crippen LogP contribution is 2.30. The van der Waals surface area contributed by atoms with Crippen LogP contribution in [0.25, 0.3) is 6.08 Å². The molecule has 0 atom stereocenters. The summed E-state index contributed by atoms with van der Waals surface area (Å²) in [4.78, 5) is 24.0. The van der Waals surface area contributed by atoms with E-state index >= 15 is 0 Å². The average molecular weight is 430 g/mol. The zero-order chi connectivity index (χ0) is 19.8. The molecule has 27 heavy (non-hydrogen) atoms. The van der Waals surface area contributed by atoms with Gasteiger partial charge in [0.1, 0.15) is 11.6 Å². The Bertz CT molecular complexity index is 930. The van der Waals surface area contributed by atoms with Crippen LogP contribution in [0.3, 0.4) is 0 Å². The normalized spacial score (nSPS) is 10.7. The van der Waals surface area contributed by atoms with E-state index in [0.717, 1.165) is 4.47 Å². The van der Waals surface area contributed by atoms with Crippen LogP contribution >= 0.6 is 15.9 Å². The number of nitrogens with zero attached hydrogens (tertiary/aromatic N) is 1. The molecule has 0 heterocycles. The van der Waals surface area contributed by atoms with E-state index in [2.05, 4.69) is 15.9 Å². The van der Waals surface area contributed by atoms with Crippen LogP contribution in [-0.4, -0.2) is 25.7 Å². The Morgan fingerprint density at radius 3 is 2.59 bits per heavy atom. The number of ether oxygens (including phenoxy) is 3. The van der Waals surface area contributed by atoms with Crippen LogP contribution in [0, 0.1) is 11.3 Å². The molecule has 7 heteroatoms. The van der Waals surface area contributed by atoms with Gasteiger partial charge in [-0.2, -0.15) is 5.26 Å². The predicted octanol–water partition coefficient (Wildman–Crippen LogP) is 4.15. The SMILES string of the molecule is CCOC(=O)/C(C#N)=C/c1ccc(OC(=O)c2cccc(Br)c2)c(OC)c1. The Balaban J connectivity index is 2.27. The number of carbonyl (C=O) groups excluding carboxylic acids is 2. The largest absolute Gasteiger partial charge is 0.493 e. The lowest BCUT2D eigenvalue weighted by Crippen LogP contribution is -2.09. The molecule has 0 aromatic heterocycles. The fourth-order valence-corrected chi connectivity index (χ4v) is 2.54. The minimum atomic E-state index is -0.705. The molecule has 0 unspecified atom stereocenters. The van der Waals surface area contributed by atoms with E-state index in [9.17, 15) is 9.59 Å². The molecule has 0 radical (unpaired) electrons. The van der Waals surface area contributed by atoms with Crippen LogP contribution in [0.4, 0.5) is 0 Å². The van der Waals surface area contributed by atoms with Crippen molar-refractivity contribution in [2.24, 2.45) is 0 Å². The molecular formula is C20H16BrNO5. The first-order valence-electron chi connectivity index (χ1n) is 7.93. The molecule has 0 saturated carbocycles. The molecule has 0 bridgehead atoms. The van der Waals surface area contributed by atoms with Gasteiger partial charge in [-0.25, -0.2) is 9.59 Å². The van der Waals surface area contributed by atoms with Gasteiger partial charge >= 0.3 is 11.9 Å². The summed E-state index contributed by atoms with van der Waals surface area (Å²) in [6, 6.07) is 13.3. The number of hydrogen-bond acceptors (Lipinski definition) is 6. The molecular weight excluding hydrogens is 414 g/mol. The Hall–Kier alpha value is -3.11. The lowest BCUT2D eigenvalue weighted by molar-refractivity contribution is -0.137. The van der Waals surface area contributed by atoms with E-state index in [1.807, 2.05) is 0 Å². The van der Waals surface area contributed by atoms with Crippen molar-refractivity contribution in [3.05, 3.63) is 63.6 Å². The number of methoxy groups -OCH3 is 1. The van der Waals surface area contributed by atoms with E-state index in [1.165, 1.54) is 19.3 Å². The molecule has 0 fully saturated rings. The number of carbonyl (C=O) groups is 2. The molecule has 0 saturated heterocycles. The van der Waals surface area contributed by atoms with Crippen LogP contribution < -0.4 is 9.47 Å². The van der Waals surface area contributed by atoms with Crippen molar-refractivity contribution in [1.82, 2.24) is 0 Å². The van der Waals surface area contributed by atoms with Crippen LogP contribution in [-0.2, 0) is 9.53 Å². The van der Waals surface area contributed by atoms with Crippen molar-refractivity contribution in [3.8, 4) is 17.6 Å². The second-order valence-electron chi connectivity index (χ2n) is 5.20. The number of rotatable bonds is 6. The molecule has 0 amide bonds. The Labute approximate surface area is 165 Å². The first kappa shape index (κ1) is 20.2. The smallest absolute Gasteiger partial charge is 0.348 e. The van der Waals surface area contributed by atoms with Crippen LogP contribution in [0.5, 0.6) is 11.5 Å². The number of halogens is 1. The molecule has 2 aromatic rings. The summed E-state index contributed by atoms with van der Waals surface area (Å²) in [5.74, 6) is -0.742. The van der Waals surface area contributed by atoms with Gasteiger partial charge in [0.15, 0.2) is 11.5 Å². The van der Waals surface area contributed by atoms with E-state index in [0.29, 0.717) is 11.1 Å². The fourth-order valence-electron chi connectivity index (χ4n) is 2.14. The summed E-state index contributed by atoms with van der Waals surface area (Å²) in [5.41, 5.74) is 0.765. The topological polar surface area (TPSA) is 85.6 Å². The standard InChI is InChI=1S/C20H16BrNO5/c1-3-26-19(23)15(12-22)9-13-7-8-17(18(10-13)25-2)27-20(24)14-5-4-6-16(21)11-14/h4-11H,3H2,1-2H3/b15-9+. The average Bonchev–Trinajstić information content (AvgIpc) is 2.67. The van der Waals surface area contributed by atoms with Crippen molar-refractivity contribution in [1.29, 1.82) is 5.26 Å². The van der Waals surface area contributed by atoms with Gasteiger partial charge in [-0.15, -0.1) is 0 Å². The van der Waals surface area contributed by atoms with Gasteiger partial charge in [0.05, 0.1) is 19.3 Å². The van der Waals surface area contributed by atoms with Gasteiger partial charge in [0, 0.05) is 4.47 Å². The van der Waals surface area contributed by atoms with Gasteiger partial charge in [-0.1, -0.05) is 28.1 Å². The van der Waals surface area contributed by atoms with Gasteiger partial charge in [0.2, 0.25) is 0 Å². The summed E-state index contributed by atoms with van der Waals surface area (Å²) in [5, 5.41) is 9.11. The van der Waals surface area contributed by atoms with Crippen LogP contribution in [0.15, 0.2) is 52.5 Å². The summed E-state index contributed by atoms with van der Waals surface area (Å²) in [6.45, 7) is 1.83. The molecule has 2 rings (SSSR count). The van der Waals surface area contributed by atoms with E-state index in [4.69, 9.17) is 19.5 Å². The van der Waals surface area contributed by atoms with Crippen molar-refractivity contribution in [3.63, 3.8) is 0 Å². The Morgan fingerprint density at radius 2 is 1.96 bits per heavy atom. The lowest BCUT2D eigenvalue weighted by atomic mass is 10.1. The van der Waals surface area contributed by atoms with Crippen LogP contribution in [0.1, 0.15) is 22.8 Å². The highest BCUT2D eigenvalue weighted by Gasteiger charge is 2.14. The number of nitriles is 1. The van der Waals surface area contributed by atoms with Gasteiger partial charge in [-0.05, 0) is 48.9 Å². The highest BCUT2D eigenvalue weighted by molar-refractivity contribution is 9.10. The first-order valence-corrected chi connectivity index (χ1v) is 8.72. The quantitative estimate of drug-likeness (QED) is 0.296. The third-order valence-corrected chi connectivity index (χ3v) is 3.87. The zero-order valence-corrected chi connectivity index (χ0v) is 16.3. The second kappa shape index (κ2) is 9.55. The Morgan fingerprint density at radius 1 is 1.19 bits per heavy atom. The molecule has 0 N–H and O–H groups in total. The lowest BCUT2D eigenvalue weighted by Gasteiger charge is -2.10. The molecule has 0 aliphatic carbocycles. The fraction of sp³-hybridized carbons (Fsp3) is 0.150. The third-order valence-electron chi connectivity index (χ3n) is 3.38. The summed E-state index contributed by atoms with van der Waals surface area (Å²) in [6.07, 6.45) is 1.38. The number of benzene rings is 2. The first-order chi connectivity index (χ1) is 13.0. The molecule has 0 aliphatic rings. The van der Waals surface area contributed by atoms with E-state index in [1.54, 1.807) is 49.4 Å². The maximum absolute atomic E-state index is 12.3. The van der Waals surface area contributed by atoms with Crippen molar-refractivity contribution >= 4 is 33.9 Å². The number of esters is 2. The van der Waals surface area contributed by atoms with Gasteiger partial charge in [-0.3, -0.25) is 0 Å². The van der Waals surface area contributed by atoms with Crippen LogP contribution in [0.2, 0.25) is 0 Å². The molecule has 0 spiro atoms. The van der Waals surface area contributed by atoms with E-state index in [-0.39, 0.29) is 23.7 Å². The predicted molar refractivity (Wildman–Crippen MR) is 102 cm³/mol. The maximum atomic E-state index is 12.3. The third kappa shape index (κ3) is 5.43. The molecule has 138 valence electrons. The molecule has 0 aliphatic heterocycles. The molecule has 6 nitrogen and oxygen atoms in total. The van der Waals surface area contributed by atoms with E-state index < -0.39 is 11.9 Å². The number of hydrogen-bond donors (Lipinski definition) is 0. The van der Waals surface area contributed by atoms with Gasteiger partial charge in [0.25, 0.3) is 0 Å². The summed E-state index contributed by atoms with van der Waals surface area (Å²) < 4.78 is 16.2. The monoisotopic (exact) mass is 429 g/mol. The summed E-state index contributed by atoms with van der Waals surface area (Å²) >= 11 is 3.30.